The van der Waals surface area contributed by atoms with Gasteiger partial charge in [0.15, 0.2) is 0 Å². The van der Waals surface area contributed by atoms with Crippen molar-refractivity contribution in [2.75, 3.05) is 13.7 Å². The standard InChI is InChI=1S/C16H21NOS/c1-12-9-14(11-17-3)10-13(2)16(12)18-7-6-15-5-4-8-19-15/h4-5,8-10,17H,6-7,11H2,1-3H3. The molecule has 3 heteroatoms. The third-order valence-electron chi connectivity index (χ3n) is 3.08. The summed E-state index contributed by atoms with van der Waals surface area (Å²) in [4.78, 5) is 1.38. The summed E-state index contributed by atoms with van der Waals surface area (Å²) in [6.45, 7) is 5.88. The van der Waals surface area contributed by atoms with E-state index in [9.17, 15) is 0 Å². The third kappa shape index (κ3) is 3.82. The van der Waals surface area contributed by atoms with Gasteiger partial charge in [-0.25, -0.2) is 0 Å². The quantitative estimate of drug-likeness (QED) is 0.868. The molecule has 1 aromatic carbocycles. The maximum Gasteiger partial charge on any atom is 0.125 e. The summed E-state index contributed by atoms with van der Waals surface area (Å²) in [5.74, 6) is 1.04. The van der Waals surface area contributed by atoms with Gasteiger partial charge < -0.3 is 10.1 Å². The Morgan fingerprint density at radius 3 is 2.53 bits per heavy atom. The minimum Gasteiger partial charge on any atom is -0.493 e. The van der Waals surface area contributed by atoms with E-state index in [2.05, 4.69) is 48.8 Å². The van der Waals surface area contributed by atoms with Gasteiger partial charge in [-0.2, -0.15) is 0 Å². The lowest BCUT2D eigenvalue weighted by atomic mass is 10.1. The van der Waals surface area contributed by atoms with Crippen LogP contribution >= 0.6 is 11.3 Å². The zero-order chi connectivity index (χ0) is 13.7. The topological polar surface area (TPSA) is 21.3 Å². The van der Waals surface area contributed by atoms with Gasteiger partial charge in [-0.1, -0.05) is 18.2 Å². The van der Waals surface area contributed by atoms with E-state index in [1.54, 1.807) is 11.3 Å². The molecule has 0 spiro atoms. The fraction of sp³-hybridized carbons (Fsp3) is 0.375. The summed E-state index contributed by atoms with van der Waals surface area (Å²) in [7, 11) is 1.97. The van der Waals surface area contributed by atoms with Gasteiger partial charge in [0.25, 0.3) is 0 Å². The molecule has 0 fully saturated rings. The van der Waals surface area contributed by atoms with E-state index in [4.69, 9.17) is 4.74 Å². The van der Waals surface area contributed by atoms with Gasteiger partial charge in [0.1, 0.15) is 5.75 Å². The highest BCUT2D eigenvalue weighted by atomic mass is 32.1. The lowest BCUT2D eigenvalue weighted by Crippen LogP contribution is -2.07. The zero-order valence-corrected chi connectivity index (χ0v) is 12.6. The fourth-order valence-corrected chi connectivity index (χ4v) is 2.97. The minimum absolute atomic E-state index is 0.744. The van der Waals surface area contributed by atoms with Crippen molar-refractivity contribution in [3.05, 3.63) is 51.2 Å². The van der Waals surface area contributed by atoms with Crippen molar-refractivity contribution in [1.29, 1.82) is 0 Å². The Hall–Kier alpha value is -1.32. The third-order valence-corrected chi connectivity index (χ3v) is 4.01. The van der Waals surface area contributed by atoms with Gasteiger partial charge in [0.05, 0.1) is 6.61 Å². The molecule has 0 bridgehead atoms. The first-order chi connectivity index (χ1) is 9.20. The average molecular weight is 275 g/mol. The second kappa shape index (κ2) is 6.73. The van der Waals surface area contributed by atoms with Crippen molar-refractivity contribution in [3.63, 3.8) is 0 Å². The van der Waals surface area contributed by atoms with Crippen LogP contribution in [0.4, 0.5) is 0 Å². The monoisotopic (exact) mass is 275 g/mol. The van der Waals surface area contributed by atoms with Crippen molar-refractivity contribution in [3.8, 4) is 5.75 Å². The molecule has 0 aliphatic carbocycles. The molecule has 0 atom stereocenters. The average Bonchev–Trinajstić information content (AvgIpc) is 2.86. The van der Waals surface area contributed by atoms with Gasteiger partial charge >= 0.3 is 0 Å². The van der Waals surface area contributed by atoms with E-state index in [0.29, 0.717) is 0 Å². The van der Waals surface area contributed by atoms with Crippen LogP contribution in [0.2, 0.25) is 0 Å². The van der Waals surface area contributed by atoms with Crippen molar-refractivity contribution in [1.82, 2.24) is 5.32 Å². The van der Waals surface area contributed by atoms with Crippen LogP contribution in [0.15, 0.2) is 29.6 Å². The Morgan fingerprint density at radius 2 is 1.95 bits per heavy atom. The normalized spacial score (nSPS) is 10.7. The number of aryl methyl sites for hydroxylation is 2. The second-order valence-electron chi connectivity index (χ2n) is 4.77. The van der Waals surface area contributed by atoms with Gasteiger partial charge in [-0.15, -0.1) is 11.3 Å². The van der Waals surface area contributed by atoms with Crippen LogP contribution in [0, 0.1) is 13.8 Å². The zero-order valence-electron chi connectivity index (χ0n) is 11.8. The molecule has 102 valence electrons. The lowest BCUT2D eigenvalue weighted by Gasteiger charge is -2.14. The smallest absolute Gasteiger partial charge is 0.125 e. The van der Waals surface area contributed by atoms with E-state index >= 15 is 0 Å². The summed E-state index contributed by atoms with van der Waals surface area (Å²) < 4.78 is 5.96. The van der Waals surface area contributed by atoms with Crippen LogP contribution in [-0.2, 0) is 13.0 Å². The fourth-order valence-electron chi connectivity index (χ4n) is 2.28. The van der Waals surface area contributed by atoms with E-state index in [-0.39, 0.29) is 0 Å². The van der Waals surface area contributed by atoms with E-state index < -0.39 is 0 Å². The summed E-state index contributed by atoms with van der Waals surface area (Å²) in [6.07, 6.45) is 0.981. The summed E-state index contributed by atoms with van der Waals surface area (Å²) in [5, 5.41) is 5.29. The molecule has 0 saturated carbocycles. The number of thiophene rings is 1. The predicted molar refractivity (Wildman–Crippen MR) is 82.2 cm³/mol. The largest absolute Gasteiger partial charge is 0.493 e. The van der Waals surface area contributed by atoms with Gasteiger partial charge in [0.2, 0.25) is 0 Å². The van der Waals surface area contributed by atoms with Crippen molar-refractivity contribution in [2.24, 2.45) is 0 Å². The molecule has 1 heterocycles. The minimum atomic E-state index is 0.744. The highest BCUT2D eigenvalue weighted by Gasteiger charge is 2.06. The van der Waals surface area contributed by atoms with Crippen molar-refractivity contribution in [2.45, 2.75) is 26.8 Å². The van der Waals surface area contributed by atoms with E-state index in [1.165, 1.54) is 21.6 Å². The lowest BCUT2D eigenvalue weighted by molar-refractivity contribution is 0.318. The van der Waals surface area contributed by atoms with Crippen LogP contribution in [0.25, 0.3) is 0 Å². The number of hydrogen-bond acceptors (Lipinski definition) is 3. The van der Waals surface area contributed by atoms with E-state index in [1.807, 2.05) is 7.05 Å². The van der Waals surface area contributed by atoms with Crippen LogP contribution in [-0.4, -0.2) is 13.7 Å². The molecule has 19 heavy (non-hydrogen) atoms. The summed E-state index contributed by atoms with van der Waals surface area (Å²) >= 11 is 1.79. The molecule has 0 radical (unpaired) electrons. The molecule has 0 aliphatic heterocycles. The highest BCUT2D eigenvalue weighted by Crippen LogP contribution is 2.25. The van der Waals surface area contributed by atoms with Crippen molar-refractivity contribution < 1.29 is 4.74 Å². The molecule has 2 nitrogen and oxygen atoms in total. The molecular weight excluding hydrogens is 254 g/mol. The van der Waals surface area contributed by atoms with Crippen LogP contribution in [0.5, 0.6) is 5.75 Å². The highest BCUT2D eigenvalue weighted by molar-refractivity contribution is 7.09. The number of ether oxygens (including phenoxy) is 1. The first kappa shape index (κ1) is 14.1. The molecule has 1 N–H and O–H groups in total. The number of benzene rings is 1. The first-order valence-electron chi connectivity index (χ1n) is 6.60. The Morgan fingerprint density at radius 1 is 1.21 bits per heavy atom. The molecule has 1 aromatic heterocycles. The summed E-state index contributed by atoms with van der Waals surface area (Å²) in [5.41, 5.74) is 3.75. The molecule has 2 aromatic rings. The number of hydrogen-bond donors (Lipinski definition) is 1. The Bertz CT molecular complexity index is 497. The number of nitrogens with one attached hydrogen (secondary N) is 1. The van der Waals surface area contributed by atoms with Crippen molar-refractivity contribution >= 4 is 11.3 Å². The maximum atomic E-state index is 5.96. The van der Waals surface area contributed by atoms with E-state index in [0.717, 1.165) is 25.3 Å². The second-order valence-corrected chi connectivity index (χ2v) is 5.80. The van der Waals surface area contributed by atoms with Crippen LogP contribution in [0.3, 0.4) is 0 Å². The predicted octanol–water partition coefficient (Wildman–Crippen LogP) is 3.71. The first-order valence-corrected chi connectivity index (χ1v) is 7.48. The molecule has 2 rings (SSSR count). The SMILES string of the molecule is CNCc1cc(C)c(OCCc2cccs2)c(C)c1. The molecule has 0 amide bonds. The van der Waals surface area contributed by atoms with Crippen LogP contribution in [0.1, 0.15) is 21.6 Å². The molecule has 0 unspecified atom stereocenters. The van der Waals surface area contributed by atoms with Gasteiger partial charge in [-0.3, -0.25) is 0 Å². The Kier molecular flexibility index (Phi) is 5.00. The molecule has 0 saturated heterocycles. The van der Waals surface area contributed by atoms with Gasteiger partial charge in [-0.05, 0) is 49.0 Å². The Labute approximate surface area is 119 Å². The van der Waals surface area contributed by atoms with Gasteiger partial charge in [0, 0.05) is 17.8 Å². The summed E-state index contributed by atoms with van der Waals surface area (Å²) in [6, 6.07) is 8.64. The van der Waals surface area contributed by atoms with Crippen LogP contribution < -0.4 is 10.1 Å². The molecular formula is C16H21NOS. The Balaban J connectivity index is 1.99. The molecule has 0 aliphatic rings. The number of rotatable bonds is 6. The maximum absolute atomic E-state index is 5.96.